The summed E-state index contributed by atoms with van der Waals surface area (Å²) in [7, 11) is 1.97. The van der Waals surface area contributed by atoms with Crippen LogP contribution in [0.15, 0.2) is 6.20 Å². The first-order valence-corrected chi connectivity index (χ1v) is 5.67. The lowest BCUT2D eigenvalue weighted by atomic mass is 9.80. The third-order valence-electron chi connectivity index (χ3n) is 3.64. The third-order valence-corrected chi connectivity index (χ3v) is 3.64. The van der Waals surface area contributed by atoms with Crippen LogP contribution in [0.3, 0.4) is 0 Å². The topological polar surface area (TPSA) is 55.9 Å². The molecule has 4 heteroatoms. The molecule has 1 fully saturated rings. The molecule has 0 aromatic carbocycles. The average molecular weight is 208 g/mol. The lowest BCUT2D eigenvalue weighted by Gasteiger charge is -2.29. The Labute approximate surface area is 90.8 Å². The summed E-state index contributed by atoms with van der Waals surface area (Å²) in [5.74, 6) is 6.48. The maximum Gasteiger partial charge on any atom is 0.0540 e. The molecule has 1 saturated carbocycles. The molecule has 0 spiro atoms. The first-order chi connectivity index (χ1) is 7.22. The van der Waals surface area contributed by atoms with Gasteiger partial charge < -0.3 is 0 Å². The fraction of sp³-hybridized carbons (Fsp3) is 0.727. The molecule has 1 aromatic heterocycles. The molecule has 0 aliphatic heterocycles. The second-order valence-electron chi connectivity index (χ2n) is 4.56. The van der Waals surface area contributed by atoms with Gasteiger partial charge in [-0.1, -0.05) is 19.3 Å². The Morgan fingerprint density at radius 3 is 2.80 bits per heavy atom. The van der Waals surface area contributed by atoms with Gasteiger partial charge in [0.05, 0.1) is 6.20 Å². The highest BCUT2D eigenvalue weighted by molar-refractivity contribution is 5.20. The lowest BCUT2D eigenvalue weighted by molar-refractivity contribution is 0.261. The molecular formula is C11H20N4. The summed E-state index contributed by atoms with van der Waals surface area (Å²) < 4.78 is 1.90. The van der Waals surface area contributed by atoms with Crippen LogP contribution in [-0.4, -0.2) is 9.78 Å². The minimum absolute atomic E-state index is 0.268. The smallest absolute Gasteiger partial charge is 0.0540 e. The van der Waals surface area contributed by atoms with E-state index in [-0.39, 0.29) is 6.04 Å². The molecular weight excluding hydrogens is 188 g/mol. The Morgan fingerprint density at radius 1 is 1.67 bits per heavy atom. The molecule has 4 nitrogen and oxygen atoms in total. The fourth-order valence-corrected chi connectivity index (χ4v) is 2.20. The average Bonchev–Trinajstić information content (AvgIpc) is 2.48. The van der Waals surface area contributed by atoms with Crippen LogP contribution in [0.2, 0.25) is 0 Å². The SMILES string of the molecule is Cc1c(C(CC2CCC2)NN)cnn1C. The minimum Gasteiger partial charge on any atom is -0.273 e. The van der Waals surface area contributed by atoms with E-state index in [9.17, 15) is 0 Å². The Balaban J connectivity index is 2.07. The van der Waals surface area contributed by atoms with Crippen LogP contribution in [0.4, 0.5) is 0 Å². The molecule has 3 N–H and O–H groups in total. The van der Waals surface area contributed by atoms with Crippen LogP contribution >= 0.6 is 0 Å². The van der Waals surface area contributed by atoms with Crippen molar-refractivity contribution in [3.8, 4) is 0 Å². The number of hydrazine groups is 1. The molecule has 0 bridgehead atoms. The van der Waals surface area contributed by atoms with Gasteiger partial charge in [0, 0.05) is 24.3 Å². The van der Waals surface area contributed by atoms with E-state index in [1.807, 2.05) is 17.9 Å². The maximum atomic E-state index is 5.62. The number of rotatable bonds is 4. The minimum atomic E-state index is 0.268. The summed E-state index contributed by atoms with van der Waals surface area (Å²) in [6.45, 7) is 2.09. The van der Waals surface area contributed by atoms with Gasteiger partial charge in [-0.3, -0.25) is 16.0 Å². The van der Waals surface area contributed by atoms with Crippen LogP contribution in [0, 0.1) is 12.8 Å². The zero-order valence-electron chi connectivity index (χ0n) is 9.53. The second kappa shape index (κ2) is 4.33. The Kier molecular flexibility index (Phi) is 3.07. The van der Waals surface area contributed by atoms with Gasteiger partial charge in [0.15, 0.2) is 0 Å². The van der Waals surface area contributed by atoms with E-state index in [0.29, 0.717) is 0 Å². The van der Waals surface area contributed by atoms with Crippen molar-refractivity contribution in [1.29, 1.82) is 0 Å². The molecule has 15 heavy (non-hydrogen) atoms. The second-order valence-corrected chi connectivity index (χ2v) is 4.56. The van der Waals surface area contributed by atoms with Gasteiger partial charge in [-0.05, 0) is 19.3 Å². The molecule has 1 aromatic rings. The van der Waals surface area contributed by atoms with Crippen LogP contribution < -0.4 is 11.3 Å². The fourth-order valence-electron chi connectivity index (χ4n) is 2.20. The molecule has 1 unspecified atom stereocenters. The summed E-state index contributed by atoms with van der Waals surface area (Å²) in [5.41, 5.74) is 5.37. The predicted octanol–water partition coefficient (Wildman–Crippen LogP) is 1.42. The molecule has 1 aliphatic carbocycles. The van der Waals surface area contributed by atoms with E-state index in [2.05, 4.69) is 17.4 Å². The largest absolute Gasteiger partial charge is 0.273 e. The summed E-state index contributed by atoms with van der Waals surface area (Å²) in [6.07, 6.45) is 7.17. The first-order valence-electron chi connectivity index (χ1n) is 5.67. The molecule has 1 heterocycles. The predicted molar refractivity (Wildman–Crippen MR) is 60.0 cm³/mol. The zero-order chi connectivity index (χ0) is 10.8. The lowest BCUT2D eigenvalue weighted by Crippen LogP contribution is -2.31. The monoisotopic (exact) mass is 208 g/mol. The molecule has 0 amide bonds. The molecule has 1 aliphatic rings. The highest BCUT2D eigenvalue weighted by Crippen LogP contribution is 2.34. The highest BCUT2D eigenvalue weighted by Gasteiger charge is 2.24. The van der Waals surface area contributed by atoms with Crippen molar-refractivity contribution >= 4 is 0 Å². The van der Waals surface area contributed by atoms with Gasteiger partial charge in [0.25, 0.3) is 0 Å². The van der Waals surface area contributed by atoms with Crippen LogP contribution in [-0.2, 0) is 7.05 Å². The number of aromatic nitrogens is 2. The van der Waals surface area contributed by atoms with Crippen molar-refractivity contribution < 1.29 is 0 Å². The normalized spacial score (nSPS) is 18.9. The Morgan fingerprint density at radius 2 is 2.40 bits per heavy atom. The highest BCUT2D eigenvalue weighted by atomic mass is 15.3. The van der Waals surface area contributed by atoms with Crippen molar-refractivity contribution in [3.63, 3.8) is 0 Å². The quantitative estimate of drug-likeness (QED) is 0.581. The Hall–Kier alpha value is -0.870. The van der Waals surface area contributed by atoms with Crippen molar-refractivity contribution in [3.05, 3.63) is 17.5 Å². The van der Waals surface area contributed by atoms with Crippen molar-refractivity contribution in [2.24, 2.45) is 18.8 Å². The molecule has 84 valence electrons. The van der Waals surface area contributed by atoms with Gasteiger partial charge in [-0.2, -0.15) is 5.10 Å². The number of nitrogens with one attached hydrogen (secondary N) is 1. The number of nitrogens with zero attached hydrogens (tertiary/aromatic N) is 2. The standard InChI is InChI=1S/C11H20N4/c1-8-10(7-13-15(8)2)11(14-12)6-9-4-3-5-9/h7,9,11,14H,3-6,12H2,1-2H3. The van der Waals surface area contributed by atoms with E-state index in [1.54, 1.807) is 0 Å². The molecule has 1 atom stereocenters. The summed E-state index contributed by atoms with van der Waals surface area (Å²) in [6, 6.07) is 0.268. The molecule has 2 rings (SSSR count). The van der Waals surface area contributed by atoms with E-state index in [4.69, 9.17) is 5.84 Å². The number of hydrogen-bond acceptors (Lipinski definition) is 3. The van der Waals surface area contributed by atoms with Crippen LogP contribution in [0.5, 0.6) is 0 Å². The van der Waals surface area contributed by atoms with Crippen LogP contribution in [0.25, 0.3) is 0 Å². The summed E-state index contributed by atoms with van der Waals surface area (Å²) in [4.78, 5) is 0. The van der Waals surface area contributed by atoms with Gasteiger partial charge in [-0.15, -0.1) is 0 Å². The summed E-state index contributed by atoms with van der Waals surface area (Å²) >= 11 is 0. The number of aryl methyl sites for hydroxylation is 1. The van der Waals surface area contributed by atoms with Crippen molar-refractivity contribution in [2.75, 3.05) is 0 Å². The van der Waals surface area contributed by atoms with Crippen molar-refractivity contribution in [1.82, 2.24) is 15.2 Å². The molecule has 0 radical (unpaired) electrons. The Bertz CT molecular complexity index is 327. The van der Waals surface area contributed by atoms with E-state index in [1.165, 1.54) is 30.5 Å². The number of hydrogen-bond donors (Lipinski definition) is 2. The van der Waals surface area contributed by atoms with Gasteiger partial charge >= 0.3 is 0 Å². The molecule has 0 saturated heterocycles. The third kappa shape index (κ3) is 2.06. The van der Waals surface area contributed by atoms with E-state index in [0.717, 1.165) is 12.3 Å². The van der Waals surface area contributed by atoms with Gasteiger partial charge in [-0.25, -0.2) is 0 Å². The van der Waals surface area contributed by atoms with E-state index < -0.39 is 0 Å². The van der Waals surface area contributed by atoms with Gasteiger partial charge in [0.1, 0.15) is 0 Å². The summed E-state index contributed by atoms with van der Waals surface area (Å²) in [5, 5.41) is 4.26. The van der Waals surface area contributed by atoms with E-state index >= 15 is 0 Å². The zero-order valence-corrected chi connectivity index (χ0v) is 9.53. The first kappa shape index (κ1) is 10.6. The number of nitrogens with two attached hydrogens (primary N) is 1. The van der Waals surface area contributed by atoms with Crippen molar-refractivity contribution in [2.45, 2.75) is 38.6 Å². The van der Waals surface area contributed by atoms with Gasteiger partial charge in [0.2, 0.25) is 0 Å². The maximum absolute atomic E-state index is 5.62. The van der Waals surface area contributed by atoms with Crippen LogP contribution in [0.1, 0.15) is 43.0 Å².